The van der Waals surface area contributed by atoms with Gasteiger partial charge >= 0.3 is 5.97 Å². The molecule has 2 heterocycles. The number of benzene rings is 1. The van der Waals surface area contributed by atoms with E-state index in [1.165, 1.54) is 24.8 Å². The molecule has 192 valence electrons. The summed E-state index contributed by atoms with van der Waals surface area (Å²) in [7, 11) is 0. The highest BCUT2D eigenvalue weighted by molar-refractivity contribution is 5.91. The molecule has 3 aliphatic rings. The van der Waals surface area contributed by atoms with Crippen molar-refractivity contribution in [2.75, 3.05) is 5.32 Å². The third-order valence-corrected chi connectivity index (χ3v) is 9.04. The summed E-state index contributed by atoms with van der Waals surface area (Å²) >= 11 is 0. The van der Waals surface area contributed by atoms with E-state index >= 15 is 0 Å². The number of terminal acetylenes is 1. The molecule has 0 aliphatic heterocycles. The Morgan fingerprint density at radius 3 is 2.46 bits per heavy atom. The summed E-state index contributed by atoms with van der Waals surface area (Å²) in [6.45, 7) is 2.99. The fourth-order valence-corrected chi connectivity index (χ4v) is 6.34. The number of carboxylic acids is 1. The smallest absolute Gasteiger partial charge is 0.374 e. The van der Waals surface area contributed by atoms with Crippen molar-refractivity contribution >= 4 is 23.0 Å². The van der Waals surface area contributed by atoms with Gasteiger partial charge < -0.3 is 15.0 Å². The summed E-state index contributed by atoms with van der Waals surface area (Å²) in [6.07, 6.45) is 15.7. The molecule has 1 atom stereocenters. The van der Waals surface area contributed by atoms with Crippen molar-refractivity contribution in [1.82, 2.24) is 19.5 Å². The molecule has 3 aliphatic carbocycles. The van der Waals surface area contributed by atoms with Gasteiger partial charge in [-0.1, -0.05) is 36.8 Å². The molecule has 0 amide bonds. The predicted octanol–water partition coefficient (Wildman–Crippen LogP) is 5.64. The van der Waals surface area contributed by atoms with Crippen LogP contribution in [-0.2, 0) is 12.0 Å². The first-order chi connectivity index (χ1) is 18.0. The SMILES string of the molecule is C#C[C@H]1CC[C@H](Cn2c(C3(c4ccccc4)CC3)nc3nc(C(=O)O)nc(N[C@H](C)C4CCC4)c32)CC1. The summed E-state index contributed by atoms with van der Waals surface area (Å²) < 4.78 is 2.33. The highest BCUT2D eigenvalue weighted by Crippen LogP contribution is 2.54. The number of carbonyl (C=O) groups is 1. The zero-order valence-electron chi connectivity index (χ0n) is 21.5. The Bertz CT molecular complexity index is 1340. The minimum absolute atomic E-state index is 0.168. The van der Waals surface area contributed by atoms with Crippen LogP contribution in [0.5, 0.6) is 0 Å². The van der Waals surface area contributed by atoms with E-state index in [-0.39, 0.29) is 17.3 Å². The van der Waals surface area contributed by atoms with E-state index in [2.05, 4.69) is 57.0 Å². The summed E-state index contributed by atoms with van der Waals surface area (Å²) in [5, 5.41) is 13.4. The second-order valence-corrected chi connectivity index (χ2v) is 11.4. The monoisotopic (exact) mass is 497 g/mol. The molecule has 2 aromatic heterocycles. The summed E-state index contributed by atoms with van der Waals surface area (Å²) in [4.78, 5) is 26.1. The molecular weight excluding hydrogens is 462 g/mol. The minimum atomic E-state index is -1.13. The maximum absolute atomic E-state index is 12.0. The maximum Gasteiger partial charge on any atom is 0.374 e. The molecule has 1 aromatic carbocycles. The molecule has 0 radical (unpaired) electrons. The normalized spacial score (nSPS) is 23.7. The van der Waals surface area contributed by atoms with Gasteiger partial charge in [0.2, 0.25) is 5.82 Å². The quantitative estimate of drug-likeness (QED) is 0.391. The number of fused-ring (bicyclic) bond motifs is 1. The van der Waals surface area contributed by atoms with E-state index in [0.717, 1.165) is 56.4 Å². The van der Waals surface area contributed by atoms with Crippen LogP contribution in [0.4, 0.5) is 5.82 Å². The van der Waals surface area contributed by atoms with E-state index in [1.807, 2.05) is 6.07 Å². The lowest BCUT2D eigenvalue weighted by atomic mass is 9.80. The highest BCUT2D eigenvalue weighted by Gasteiger charge is 2.50. The van der Waals surface area contributed by atoms with E-state index in [9.17, 15) is 9.90 Å². The van der Waals surface area contributed by atoms with Crippen LogP contribution in [0, 0.1) is 30.1 Å². The molecule has 0 bridgehead atoms. The van der Waals surface area contributed by atoms with Crippen LogP contribution in [0.25, 0.3) is 11.2 Å². The number of aromatic nitrogens is 4. The summed E-state index contributed by atoms with van der Waals surface area (Å²) in [6, 6.07) is 10.8. The Kier molecular flexibility index (Phi) is 6.14. The van der Waals surface area contributed by atoms with Gasteiger partial charge in [-0.25, -0.2) is 19.7 Å². The summed E-state index contributed by atoms with van der Waals surface area (Å²) in [5.41, 5.74) is 2.40. The van der Waals surface area contributed by atoms with Crippen LogP contribution in [0.15, 0.2) is 30.3 Å². The molecule has 7 nitrogen and oxygen atoms in total. The predicted molar refractivity (Wildman–Crippen MR) is 143 cm³/mol. The lowest BCUT2D eigenvalue weighted by molar-refractivity contribution is 0.0684. The van der Waals surface area contributed by atoms with Gasteiger partial charge in [-0.05, 0) is 75.7 Å². The van der Waals surface area contributed by atoms with Gasteiger partial charge in [0.15, 0.2) is 11.5 Å². The lowest BCUT2D eigenvalue weighted by Crippen LogP contribution is -2.31. The van der Waals surface area contributed by atoms with Crippen molar-refractivity contribution in [2.24, 2.45) is 17.8 Å². The van der Waals surface area contributed by atoms with Crippen LogP contribution < -0.4 is 5.32 Å². The fraction of sp³-hybridized carbons (Fsp3) is 0.533. The summed E-state index contributed by atoms with van der Waals surface area (Å²) in [5.74, 6) is 4.64. The Hall–Kier alpha value is -3.40. The van der Waals surface area contributed by atoms with Crippen molar-refractivity contribution < 1.29 is 9.90 Å². The van der Waals surface area contributed by atoms with Gasteiger partial charge in [0.25, 0.3) is 0 Å². The highest BCUT2D eigenvalue weighted by atomic mass is 16.4. The van der Waals surface area contributed by atoms with E-state index in [4.69, 9.17) is 11.4 Å². The number of imidazole rings is 1. The topological polar surface area (TPSA) is 92.9 Å². The van der Waals surface area contributed by atoms with E-state index in [1.54, 1.807) is 0 Å². The van der Waals surface area contributed by atoms with E-state index in [0.29, 0.717) is 29.2 Å². The second kappa shape index (κ2) is 9.48. The van der Waals surface area contributed by atoms with Crippen molar-refractivity contribution in [3.8, 4) is 12.3 Å². The molecule has 3 aromatic rings. The largest absolute Gasteiger partial charge is 0.475 e. The molecule has 7 heteroatoms. The van der Waals surface area contributed by atoms with Gasteiger partial charge in [0, 0.05) is 18.5 Å². The first-order valence-corrected chi connectivity index (χ1v) is 13.8. The molecule has 3 saturated carbocycles. The van der Waals surface area contributed by atoms with Gasteiger partial charge in [-0.3, -0.25) is 0 Å². The Morgan fingerprint density at radius 2 is 1.86 bits per heavy atom. The second-order valence-electron chi connectivity index (χ2n) is 11.4. The zero-order chi connectivity index (χ0) is 25.6. The van der Waals surface area contributed by atoms with E-state index < -0.39 is 5.97 Å². The Morgan fingerprint density at radius 1 is 1.14 bits per heavy atom. The number of nitrogens with zero attached hydrogens (tertiary/aromatic N) is 4. The number of aromatic carboxylic acids is 1. The van der Waals surface area contributed by atoms with Crippen LogP contribution in [0.3, 0.4) is 0 Å². The fourth-order valence-electron chi connectivity index (χ4n) is 6.34. The van der Waals surface area contributed by atoms with Crippen LogP contribution in [0.1, 0.15) is 86.7 Å². The van der Waals surface area contributed by atoms with Crippen LogP contribution >= 0.6 is 0 Å². The third kappa shape index (κ3) is 4.37. The average molecular weight is 498 g/mol. The number of hydrogen-bond acceptors (Lipinski definition) is 5. The van der Waals surface area contributed by atoms with Crippen LogP contribution in [0.2, 0.25) is 0 Å². The van der Waals surface area contributed by atoms with Crippen molar-refractivity contribution in [1.29, 1.82) is 0 Å². The van der Waals surface area contributed by atoms with Gasteiger partial charge in [0.1, 0.15) is 11.3 Å². The van der Waals surface area contributed by atoms with Gasteiger partial charge in [-0.15, -0.1) is 12.3 Å². The van der Waals surface area contributed by atoms with Crippen molar-refractivity contribution in [3.63, 3.8) is 0 Å². The molecule has 37 heavy (non-hydrogen) atoms. The number of carboxylic acid groups (broad SMARTS) is 1. The molecule has 6 rings (SSSR count). The first-order valence-electron chi connectivity index (χ1n) is 13.8. The number of anilines is 1. The third-order valence-electron chi connectivity index (χ3n) is 9.04. The number of nitrogens with one attached hydrogen (secondary N) is 1. The zero-order valence-corrected chi connectivity index (χ0v) is 21.5. The molecule has 0 saturated heterocycles. The van der Waals surface area contributed by atoms with Crippen LogP contribution in [-0.4, -0.2) is 36.6 Å². The maximum atomic E-state index is 12.0. The average Bonchev–Trinajstić information content (AvgIpc) is 3.60. The standard InChI is InChI=1S/C30H35N5O2/c1-3-20-12-14-21(15-13-20)18-35-24-25(31-19(2)22-8-7-9-22)32-27(28(36)37)33-26(24)34-29(35)30(16-17-30)23-10-5-4-6-11-23/h1,4-6,10-11,19-22H,7-9,12-18H2,2H3,(H,36,37)(H,31,32,33)/t19-,20-,21-/m1/s1. The minimum Gasteiger partial charge on any atom is -0.475 e. The Labute approximate surface area is 218 Å². The van der Waals surface area contributed by atoms with Gasteiger partial charge in [0.05, 0.1) is 5.41 Å². The van der Waals surface area contributed by atoms with Crippen molar-refractivity contribution in [3.05, 3.63) is 47.5 Å². The van der Waals surface area contributed by atoms with Gasteiger partial charge in [-0.2, -0.15) is 0 Å². The molecule has 0 spiro atoms. The number of hydrogen-bond donors (Lipinski definition) is 2. The molecule has 2 N–H and O–H groups in total. The molecule has 3 fully saturated rings. The lowest BCUT2D eigenvalue weighted by Gasteiger charge is -2.32. The molecular formula is C30H35N5O2. The van der Waals surface area contributed by atoms with Crippen molar-refractivity contribution in [2.45, 2.75) is 82.7 Å². The first kappa shape index (κ1) is 24.0. The Balaban J connectivity index is 1.48. The number of rotatable bonds is 8. The molecule has 0 unspecified atom stereocenters.